The Kier molecular flexibility index (Phi) is 11.0. The van der Waals surface area contributed by atoms with Gasteiger partial charge in [-0.1, -0.05) is 53.5 Å². The van der Waals surface area contributed by atoms with Crippen molar-refractivity contribution in [2.24, 2.45) is 13.0 Å². The number of nitrogens with one attached hydrogen (secondary N) is 2. The summed E-state index contributed by atoms with van der Waals surface area (Å²) in [7, 11) is 4.95. The summed E-state index contributed by atoms with van der Waals surface area (Å²) < 4.78 is 67.7. The van der Waals surface area contributed by atoms with Crippen LogP contribution in [0.25, 0.3) is 11.1 Å². The van der Waals surface area contributed by atoms with Gasteiger partial charge < -0.3 is 29.9 Å². The van der Waals surface area contributed by atoms with Gasteiger partial charge >= 0.3 is 12.1 Å². The van der Waals surface area contributed by atoms with Gasteiger partial charge in [-0.2, -0.15) is 13.2 Å². The molecule has 2 aliphatic heterocycles. The van der Waals surface area contributed by atoms with Crippen LogP contribution in [0.1, 0.15) is 51.2 Å². The summed E-state index contributed by atoms with van der Waals surface area (Å²) in [4.78, 5) is 33.3. The molecule has 0 radical (unpaired) electrons. The number of likely N-dealkylation sites (tertiary alicyclic amines) is 1. The normalized spacial score (nSPS) is 17.1. The predicted octanol–water partition coefficient (Wildman–Crippen LogP) is 7.71. The van der Waals surface area contributed by atoms with Gasteiger partial charge in [0, 0.05) is 56.5 Å². The number of aromatic nitrogens is 2. The lowest BCUT2D eigenvalue weighted by molar-refractivity contribution is -0.144. The molecule has 4 aromatic rings. The van der Waals surface area contributed by atoms with E-state index in [1.165, 1.54) is 32.2 Å². The minimum absolute atomic E-state index is 0.0926. The van der Waals surface area contributed by atoms with Crippen molar-refractivity contribution in [2.45, 2.75) is 45.1 Å². The van der Waals surface area contributed by atoms with Gasteiger partial charge in [0.1, 0.15) is 6.04 Å². The molecule has 0 aliphatic carbocycles. The van der Waals surface area contributed by atoms with Crippen molar-refractivity contribution in [3.8, 4) is 16.9 Å². The van der Waals surface area contributed by atoms with Gasteiger partial charge in [0.2, 0.25) is 0 Å². The van der Waals surface area contributed by atoms with Crippen LogP contribution in [0.2, 0.25) is 10.0 Å². The number of hydrogen-bond donors (Lipinski definition) is 3. The fraction of sp³-hybridized carbons (Fsp3) is 0.378. The van der Waals surface area contributed by atoms with E-state index in [-0.39, 0.29) is 57.1 Å². The Bertz CT molecular complexity index is 2070. The highest BCUT2D eigenvalue weighted by molar-refractivity contribution is 6.36. The standard InChI is InChI=1S/C37H38Cl2F4N6O4/c1-19-22(24-9-6-10-26(29(24)39)45-35(50)34-44-27-18-47(2)13-12-28(27)48(34)3)7-5-8-23(19)33(37(41,42)43)46-31-25(38)15-21(32(53-4)30(31)40)17-49-14-11-20(16-49)36(51)52/h5-10,15,20,33,46H,11-14,16-18H2,1-4H3,(H,45,50)(H,51,52). The van der Waals surface area contributed by atoms with E-state index < -0.39 is 41.5 Å². The van der Waals surface area contributed by atoms with Crippen molar-refractivity contribution >= 4 is 46.5 Å². The number of nitrogens with zero attached hydrogens (tertiary/aromatic N) is 4. The lowest BCUT2D eigenvalue weighted by atomic mass is 9.92. The first-order valence-corrected chi connectivity index (χ1v) is 17.6. The number of carboxylic acid groups (broad SMARTS) is 1. The Labute approximate surface area is 313 Å². The lowest BCUT2D eigenvalue weighted by Crippen LogP contribution is -2.29. The molecule has 1 saturated heterocycles. The molecule has 3 N–H and O–H groups in total. The first-order valence-electron chi connectivity index (χ1n) is 16.8. The van der Waals surface area contributed by atoms with Gasteiger partial charge in [-0.25, -0.2) is 9.37 Å². The highest BCUT2D eigenvalue weighted by Gasteiger charge is 2.43. The van der Waals surface area contributed by atoms with Crippen molar-refractivity contribution in [1.82, 2.24) is 19.4 Å². The fourth-order valence-electron chi connectivity index (χ4n) is 7.15. The number of aliphatic carboxylic acids is 1. The third-order valence-corrected chi connectivity index (χ3v) is 10.7. The summed E-state index contributed by atoms with van der Waals surface area (Å²) in [6, 6.07) is 8.12. The molecule has 0 saturated carbocycles. The number of imidazole rings is 1. The molecule has 1 amide bonds. The largest absolute Gasteiger partial charge is 0.493 e. The first-order chi connectivity index (χ1) is 25.1. The molecule has 2 unspecified atom stereocenters. The number of hydrogen-bond acceptors (Lipinski definition) is 7. The monoisotopic (exact) mass is 776 g/mol. The Morgan fingerprint density at radius 2 is 1.83 bits per heavy atom. The Morgan fingerprint density at radius 1 is 1.11 bits per heavy atom. The molecule has 2 aliphatic rings. The van der Waals surface area contributed by atoms with E-state index in [4.69, 9.17) is 27.9 Å². The number of amides is 1. The van der Waals surface area contributed by atoms with E-state index in [0.29, 0.717) is 30.6 Å². The zero-order valence-corrected chi connectivity index (χ0v) is 30.9. The second-order valence-corrected chi connectivity index (χ2v) is 14.2. The number of ether oxygens (including phenoxy) is 1. The average molecular weight is 778 g/mol. The molecular weight excluding hydrogens is 739 g/mol. The van der Waals surface area contributed by atoms with Crippen LogP contribution < -0.4 is 15.4 Å². The van der Waals surface area contributed by atoms with E-state index in [2.05, 4.69) is 20.5 Å². The number of carboxylic acids is 1. The van der Waals surface area contributed by atoms with Crippen LogP contribution in [-0.2, 0) is 31.4 Å². The Morgan fingerprint density at radius 3 is 2.51 bits per heavy atom. The number of anilines is 2. The molecule has 2 atom stereocenters. The fourth-order valence-corrected chi connectivity index (χ4v) is 7.70. The van der Waals surface area contributed by atoms with Crippen molar-refractivity contribution in [2.75, 3.05) is 44.4 Å². The second-order valence-electron chi connectivity index (χ2n) is 13.4. The van der Waals surface area contributed by atoms with E-state index >= 15 is 4.39 Å². The number of alkyl halides is 3. The van der Waals surface area contributed by atoms with Crippen LogP contribution in [0, 0.1) is 18.7 Å². The third-order valence-electron chi connectivity index (χ3n) is 9.96. The predicted molar refractivity (Wildman–Crippen MR) is 194 cm³/mol. The minimum Gasteiger partial charge on any atom is -0.493 e. The minimum atomic E-state index is -4.91. The summed E-state index contributed by atoms with van der Waals surface area (Å²) >= 11 is 13.3. The lowest BCUT2D eigenvalue weighted by Gasteiger charge is -2.27. The molecule has 0 spiro atoms. The number of rotatable bonds is 10. The van der Waals surface area contributed by atoms with E-state index in [9.17, 15) is 27.9 Å². The summed E-state index contributed by atoms with van der Waals surface area (Å²) in [5.41, 5.74) is 2.43. The van der Waals surface area contributed by atoms with Crippen molar-refractivity contribution in [3.63, 3.8) is 0 Å². The molecule has 3 heterocycles. The average Bonchev–Trinajstić information content (AvgIpc) is 3.70. The summed E-state index contributed by atoms with van der Waals surface area (Å²) in [6.45, 7) is 3.72. The number of methoxy groups -OCH3 is 1. The summed E-state index contributed by atoms with van der Waals surface area (Å²) in [5, 5.41) is 14.3. The van der Waals surface area contributed by atoms with Gasteiger partial charge in [0.25, 0.3) is 5.91 Å². The number of likely N-dealkylation sites (N-methyl/N-ethyl adjacent to an activating group) is 1. The molecule has 3 aromatic carbocycles. The first kappa shape index (κ1) is 38.4. The zero-order chi connectivity index (χ0) is 38.4. The molecule has 53 heavy (non-hydrogen) atoms. The highest BCUT2D eigenvalue weighted by atomic mass is 35.5. The highest BCUT2D eigenvalue weighted by Crippen LogP contribution is 2.45. The van der Waals surface area contributed by atoms with Crippen molar-refractivity contribution in [3.05, 3.63) is 92.2 Å². The van der Waals surface area contributed by atoms with Crippen LogP contribution in [0.5, 0.6) is 5.75 Å². The van der Waals surface area contributed by atoms with Gasteiger partial charge in [-0.15, -0.1) is 0 Å². The van der Waals surface area contributed by atoms with Crippen LogP contribution in [0.15, 0.2) is 42.5 Å². The molecule has 282 valence electrons. The molecule has 10 nitrogen and oxygen atoms in total. The van der Waals surface area contributed by atoms with Crippen LogP contribution >= 0.6 is 23.2 Å². The van der Waals surface area contributed by atoms with Gasteiger partial charge in [-0.3, -0.25) is 14.5 Å². The molecular formula is C37H38Cl2F4N6O4. The van der Waals surface area contributed by atoms with Crippen LogP contribution in [0.4, 0.5) is 28.9 Å². The third kappa shape index (κ3) is 7.68. The Hall–Kier alpha value is -4.37. The molecule has 0 bridgehead atoms. The molecule has 1 aromatic heterocycles. The van der Waals surface area contributed by atoms with Gasteiger partial charge in [-0.05, 0) is 55.8 Å². The number of carbonyl (C=O) groups excluding carboxylic acids is 1. The quantitative estimate of drug-likeness (QED) is 0.141. The van der Waals surface area contributed by atoms with E-state index in [1.54, 1.807) is 40.8 Å². The number of benzene rings is 3. The molecule has 16 heteroatoms. The SMILES string of the molecule is COc1c(CN2CCC(C(=O)O)C2)cc(Cl)c(NC(c2cccc(-c3cccc(NC(=O)c4nc5c(n4C)CCN(C)C5)c3Cl)c2C)C(F)(F)F)c1F. The van der Waals surface area contributed by atoms with Crippen LogP contribution in [-0.4, -0.2) is 76.3 Å². The maximum absolute atomic E-state index is 16.0. The second kappa shape index (κ2) is 15.2. The number of halogens is 6. The smallest absolute Gasteiger partial charge is 0.412 e. The number of fused-ring (bicyclic) bond motifs is 1. The van der Waals surface area contributed by atoms with Crippen molar-refractivity contribution in [1.29, 1.82) is 0 Å². The zero-order valence-electron chi connectivity index (χ0n) is 29.4. The maximum atomic E-state index is 16.0. The molecule has 1 fully saturated rings. The topological polar surface area (TPSA) is 112 Å². The summed E-state index contributed by atoms with van der Waals surface area (Å²) in [6.07, 6.45) is -3.76. The van der Waals surface area contributed by atoms with Gasteiger partial charge in [0.05, 0.1) is 40.1 Å². The Balaban J connectivity index is 1.29. The summed E-state index contributed by atoms with van der Waals surface area (Å²) in [5.74, 6) is -3.20. The van der Waals surface area contributed by atoms with Crippen molar-refractivity contribution < 1.29 is 37.0 Å². The molecule has 6 rings (SSSR count). The van der Waals surface area contributed by atoms with E-state index in [0.717, 1.165) is 24.4 Å². The van der Waals surface area contributed by atoms with E-state index in [1.807, 2.05) is 7.05 Å². The number of carbonyl (C=O) groups is 2. The maximum Gasteiger partial charge on any atom is 0.412 e. The van der Waals surface area contributed by atoms with Gasteiger partial charge in [0.15, 0.2) is 17.4 Å². The van der Waals surface area contributed by atoms with Crippen LogP contribution in [0.3, 0.4) is 0 Å².